The number of H-pyrrole nitrogens is 1. The maximum absolute atomic E-state index is 11.8. The summed E-state index contributed by atoms with van der Waals surface area (Å²) in [5, 5.41) is 7.64. The SMILES string of the molecule is O=C(N/N=C/c1c[nH]c2ccccc12)C(=O)NC1CCCCC1. The number of carbonyl (C=O) groups excluding carboxylic acids is 2. The number of hydrazone groups is 1. The van der Waals surface area contributed by atoms with Gasteiger partial charge in [-0.1, -0.05) is 37.5 Å². The molecule has 0 spiro atoms. The van der Waals surface area contributed by atoms with Gasteiger partial charge in [0.05, 0.1) is 6.21 Å². The lowest BCUT2D eigenvalue weighted by atomic mass is 9.95. The van der Waals surface area contributed by atoms with Gasteiger partial charge < -0.3 is 10.3 Å². The summed E-state index contributed by atoms with van der Waals surface area (Å²) in [4.78, 5) is 26.7. The maximum Gasteiger partial charge on any atom is 0.329 e. The second kappa shape index (κ2) is 7.09. The topological polar surface area (TPSA) is 86.3 Å². The lowest BCUT2D eigenvalue weighted by Gasteiger charge is -2.22. The monoisotopic (exact) mass is 312 g/mol. The Morgan fingerprint density at radius 3 is 2.74 bits per heavy atom. The van der Waals surface area contributed by atoms with E-state index in [9.17, 15) is 9.59 Å². The Hall–Kier alpha value is -2.63. The fourth-order valence-corrected chi connectivity index (χ4v) is 2.91. The Balaban J connectivity index is 1.54. The van der Waals surface area contributed by atoms with Crippen molar-refractivity contribution in [2.45, 2.75) is 38.1 Å². The summed E-state index contributed by atoms with van der Waals surface area (Å²) in [5.41, 5.74) is 4.13. The number of hydrogen-bond acceptors (Lipinski definition) is 3. The first-order valence-electron chi connectivity index (χ1n) is 7.94. The molecule has 3 N–H and O–H groups in total. The quantitative estimate of drug-likeness (QED) is 0.460. The number of nitrogens with zero attached hydrogens (tertiary/aromatic N) is 1. The first-order chi connectivity index (χ1) is 11.2. The van der Waals surface area contributed by atoms with E-state index < -0.39 is 11.8 Å². The van der Waals surface area contributed by atoms with Crippen LogP contribution in [0.4, 0.5) is 0 Å². The van der Waals surface area contributed by atoms with Gasteiger partial charge in [0.2, 0.25) is 0 Å². The molecule has 1 heterocycles. The number of nitrogens with one attached hydrogen (secondary N) is 3. The van der Waals surface area contributed by atoms with Crippen molar-refractivity contribution in [1.82, 2.24) is 15.7 Å². The molecule has 1 aliphatic carbocycles. The van der Waals surface area contributed by atoms with Gasteiger partial charge in [0.15, 0.2) is 0 Å². The van der Waals surface area contributed by atoms with Crippen molar-refractivity contribution in [1.29, 1.82) is 0 Å². The van der Waals surface area contributed by atoms with E-state index in [2.05, 4.69) is 20.8 Å². The molecule has 0 bridgehead atoms. The zero-order chi connectivity index (χ0) is 16.1. The fourth-order valence-electron chi connectivity index (χ4n) is 2.91. The second-order valence-corrected chi connectivity index (χ2v) is 5.80. The van der Waals surface area contributed by atoms with Crippen molar-refractivity contribution in [3.05, 3.63) is 36.0 Å². The van der Waals surface area contributed by atoms with Crippen LogP contribution < -0.4 is 10.7 Å². The van der Waals surface area contributed by atoms with Crippen molar-refractivity contribution in [2.75, 3.05) is 0 Å². The van der Waals surface area contributed by atoms with Crippen LogP contribution in [0.15, 0.2) is 35.6 Å². The zero-order valence-electron chi connectivity index (χ0n) is 12.8. The lowest BCUT2D eigenvalue weighted by Crippen LogP contribution is -2.44. The molecule has 1 fully saturated rings. The van der Waals surface area contributed by atoms with Crippen LogP contribution in [-0.4, -0.2) is 29.1 Å². The molecule has 23 heavy (non-hydrogen) atoms. The van der Waals surface area contributed by atoms with Gasteiger partial charge in [-0.3, -0.25) is 9.59 Å². The van der Waals surface area contributed by atoms with Crippen molar-refractivity contribution in [3.63, 3.8) is 0 Å². The Morgan fingerprint density at radius 1 is 1.13 bits per heavy atom. The summed E-state index contributed by atoms with van der Waals surface area (Å²) in [6.45, 7) is 0. The van der Waals surface area contributed by atoms with Crippen LogP contribution >= 0.6 is 0 Å². The molecule has 6 heteroatoms. The number of amides is 2. The summed E-state index contributed by atoms with van der Waals surface area (Å²) in [7, 11) is 0. The van der Waals surface area contributed by atoms with E-state index in [0.717, 1.165) is 42.1 Å². The number of rotatable bonds is 3. The maximum atomic E-state index is 11.8. The summed E-state index contributed by atoms with van der Waals surface area (Å²) in [6, 6.07) is 7.91. The second-order valence-electron chi connectivity index (χ2n) is 5.80. The third-order valence-corrected chi connectivity index (χ3v) is 4.14. The van der Waals surface area contributed by atoms with Crippen molar-refractivity contribution in [3.8, 4) is 0 Å². The van der Waals surface area contributed by atoms with Crippen LogP contribution in [0, 0.1) is 0 Å². The van der Waals surface area contributed by atoms with E-state index in [1.165, 1.54) is 12.6 Å². The largest absolute Gasteiger partial charge is 0.361 e. The smallest absolute Gasteiger partial charge is 0.329 e. The van der Waals surface area contributed by atoms with Gasteiger partial charge in [0, 0.05) is 28.7 Å². The Bertz CT molecular complexity index is 729. The van der Waals surface area contributed by atoms with E-state index in [1.807, 2.05) is 30.5 Å². The molecule has 120 valence electrons. The van der Waals surface area contributed by atoms with E-state index >= 15 is 0 Å². The summed E-state index contributed by atoms with van der Waals surface area (Å²) in [6.07, 6.45) is 8.63. The first-order valence-corrected chi connectivity index (χ1v) is 7.94. The molecule has 0 saturated heterocycles. The molecule has 6 nitrogen and oxygen atoms in total. The van der Waals surface area contributed by atoms with Crippen LogP contribution in [0.2, 0.25) is 0 Å². The van der Waals surface area contributed by atoms with Gasteiger partial charge >= 0.3 is 11.8 Å². The molecule has 1 aliphatic rings. The normalized spacial score (nSPS) is 15.8. The highest BCUT2D eigenvalue weighted by molar-refractivity contribution is 6.35. The van der Waals surface area contributed by atoms with E-state index in [4.69, 9.17) is 0 Å². The average molecular weight is 312 g/mol. The van der Waals surface area contributed by atoms with E-state index in [1.54, 1.807) is 0 Å². The van der Waals surface area contributed by atoms with Gasteiger partial charge in [-0.25, -0.2) is 5.43 Å². The number of aromatic nitrogens is 1. The predicted molar refractivity (Wildman–Crippen MR) is 89.1 cm³/mol. The van der Waals surface area contributed by atoms with Crippen molar-refractivity contribution < 1.29 is 9.59 Å². The number of fused-ring (bicyclic) bond motifs is 1. The number of aromatic amines is 1. The highest BCUT2D eigenvalue weighted by Gasteiger charge is 2.19. The van der Waals surface area contributed by atoms with Crippen LogP contribution in [0.1, 0.15) is 37.7 Å². The van der Waals surface area contributed by atoms with Gasteiger partial charge in [-0.2, -0.15) is 5.10 Å². The Labute approximate surface area is 134 Å². The molecule has 1 aromatic carbocycles. The van der Waals surface area contributed by atoms with Crippen LogP contribution in [0.25, 0.3) is 10.9 Å². The summed E-state index contributed by atoms with van der Waals surface area (Å²) < 4.78 is 0. The molecule has 2 aromatic rings. The molecule has 0 radical (unpaired) electrons. The van der Waals surface area contributed by atoms with Crippen molar-refractivity contribution >= 4 is 28.9 Å². The minimum absolute atomic E-state index is 0.111. The molecular formula is C17H20N4O2. The number of carbonyl (C=O) groups is 2. The van der Waals surface area contributed by atoms with Crippen molar-refractivity contribution in [2.24, 2.45) is 5.10 Å². The fraction of sp³-hybridized carbons (Fsp3) is 0.353. The highest BCUT2D eigenvalue weighted by Crippen LogP contribution is 2.17. The van der Waals surface area contributed by atoms with E-state index in [0.29, 0.717) is 0 Å². The number of para-hydroxylation sites is 1. The van der Waals surface area contributed by atoms with E-state index in [-0.39, 0.29) is 6.04 Å². The van der Waals surface area contributed by atoms with Gasteiger partial charge in [0.25, 0.3) is 0 Å². The molecule has 0 atom stereocenters. The predicted octanol–water partition coefficient (Wildman–Crippen LogP) is 2.07. The molecule has 0 unspecified atom stereocenters. The van der Waals surface area contributed by atoms with Crippen LogP contribution in [0.5, 0.6) is 0 Å². The molecular weight excluding hydrogens is 292 g/mol. The Kier molecular flexibility index (Phi) is 4.71. The average Bonchev–Trinajstić information content (AvgIpc) is 2.99. The summed E-state index contributed by atoms with van der Waals surface area (Å²) >= 11 is 0. The molecule has 2 amide bonds. The molecule has 1 saturated carbocycles. The van der Waals surface area contributed by atoms with Crippen LogP contribution in [-0.2, 0) is 9.59 Å². The van der Waals surface area contributed by atoms with Crippen LogP contribution in [0.3, 0.4) is 0 Å². The molecule has 0 aliphatic heterocycles. The number of benzene rings is 1. The standard InChI is InChI=1S/C17H20N4O2/c22-16(20-13-6-2-1-3-7-13)17(23)21-19-11-12-10-18-15-9-5-4-8-14(12)15/h4-5,8-11,13,18H,1-3,6-7H2,(H,20,22)(H,21,23)/b19-11+. The minimum atomic E-state index is -0.730. The minimum Gasteiger partial charge on any atom is -0.361 e. The highest BCUT2D eigenvalue weighted by atomic mass is 16.2. The third kappa shape index (κ3) is 3.77. The first kappa shape index (κ1) is 15.3. The van der Waals surface area contributed by atoms with Gasteiger partial charge in [-0.15, -0.1) is 0 Å². The van der Waals surface area contributed by atoms with Gasteiger partial charge in [-0.05, 0) is 18.9 Å². The Morgan fingerprint density at radius 2 is 1.91 bits per heavy atom. The molecule has 1 aromatic heterocycles. The van der Waals surface area contributed by atoms with Gasteiger partial charge in [0.1, 0.15) is 0 Å². The molecule has 3 rings (SSSR count). The summed E-state index contributed by atoms with van der Waals surface area (Å²) in [5.74, 6) is -1.35. The third-order valence-electron chi connectivity index (χ3n) is 4.14. The number of hydrogen-bond donors (Lipinski definition) is 3. The lowest BCUT2D eigenvalue weighted by molar-refractivity contribution is -0.139. The zero-order valence-corrected chi connectivity index (χ0v) is 12.8.